The Balaban J connectivity index is 1.42. The van der Waals surface area contributed by atoms with Crippen LogP contribution < -0.4 is 24.8 Å². The molecule has 3 N–H and O–H groups in total. The van der Waals surface area contributed by atoms with Gasteiger partial charge >= 0.3 is 5.97 Å². The minimum absolute atomic E-state index is 0.199. The van der Waals surface area contributed by atoms with Gasteiger partial charge in [-0.2, -0.15) is 0 Å². The third-order valence-electron chi connectivity index (χ3n) is 7.96. The van der Waals surface area contributed by atoms with E-state index in [0.717, 1.165) is 33.9 Å². The zero-order valence-corrected chi connectivity index (χ0v) is 29.9. The monoisotopic (exact) mass is 697 g/mol. The van der Waals surface area contributed by atoms with Gasteiger partial charge in [-0.05, 0) is 83.1 Å². The van der Waals surface area contributed by atoms with Crippen LogP contribution in [0.15, 0.2) is 72.9 Å². The minimum atomic E-state index is -3.62. The number of esters is 1. The lowest BCUT2D eigenvalue weighted by Crippen LogP contribution is -2.18. The van der Waals surface area contributed by atoms with Crippen molar-refractivity contribution in [2.24, 2.45) is 0 Å². The van der Waals surface area contributed by atoms with Crippen LogP contribution in [0.1, 0.15) is 52.6 Å². The van der Waals surface area contributed by atoms with Crippen LogP contribution in [0.3, 0.4) is 0 Å². The number of amides is 1. The second-order valence-corrected chi connectivity index (χ2v) is 14.5. The van der Waals surface area contributed by atoms with Gasteiger partial charge in [0.1, 0.15) is 11.3 Å². The first-order valence-corrected chi connectivity index (χ1v) is 17.4. The highest BCUT2D eigenvalue weighted by molar-refractivity contribution is 7.92. The Labute approximate surface area is 291 Å². The summed E-state index contributed by atoms with van der Waals surface area (Å²) in [6.45, 7) is 7.94. The highest BCUT2D eigenvalue weighted by atomic mass is 32.2. The zero-order valence-electron chi connectivity index (χ0n) is 29.1. The molecule has 1 amide bonds. The standard InChI is InChI=1S/C37H39N5O7S/c1-21-9-10-23(34(43)40-30-17-25(37(2,3)4)18-31(33(30)48-6)42-50(8,45)46)16-28(21)22-11-14-29-24(15-22)20-38-36(41-29)39-26-12-13-27(35(44)49-7)32(19-26)47-5/h9-20,42H,1-8H3,(H,40,43)(H,38,39,41). The van der Waals surface area contributed by atoms with E-state index in [2.05, 4.69) is 25.3 Å². The minimum Gasteiger partial charge on any atom is -0.496 e. The van der Waals surface area contributed by atoms with Gasteiger partial charge in [-0.1, -0.05) is 32.9 Å². The molecule has 0 aliphatic carbocycles. The smallest absolute Gasteiger partial charge is 0.341 e. The lowest BCUT2D eigenvalue weighted by molar-refractivity contribution is 0.0597. The number of methoxy groups -OCH3 is 3. The fourth-order valence-corrected chi connectivity index (χ4v) is 5.91. The van der Waals surface area contributed by atoms with E-state index in [1.165, 1.54) is 21.3 Å². The number of anilines is 4. The molecule has 5 aromatic rings. The molecule has 0 spiro atoms. The molecule has 0 bridgehead atoms. The van der Waals surface area contributed by atoms with Crippen molar-refractivity contribution in [2.75, 3.05) is 42.9 Å². The van der Waals surface area contributed by atoms with E-state index in [0.29, 0.717) is 39.7 Å². The number of benzene rings is 4. The molecule has 13 heteroatoms. The molecule has 1 heterocycles. The van der Waals surface area contributed by atoms with Crippen molar-refractivity contribution in [1.29, 1.82) is 0 Å². The van der Waals surface area contributed by atoms with E-state index in [1.54, 1.807) is 42.6 Å². The first-order valence-electron chi connectivity index (χ1n) is 15.5. The van der Waals surface area contributed by atoms with E-state index in [-0.39, 0.29) is 16.9 Å². The van der Waals surface area contributed by atoms with Crippen LogP contribution in [0.2, 0.25) is 0 Å². The SMILES string of the molecule is COC(=O)c1ccc(Nc2ncc3cc(-c4cc(C(=O)Nc5cc(C(C)(C)C)cc(NS(C)(=O)=O)c5OC)ccc4C)ccc3n2)cc1OC. The molecule has 0 aliphatic heterocycles. The van der Waals surface area contributed by atoms with E-state index in [9.17, 15) is 18.0 Å². The van der Waals surface area contributed by atoms with Crippen LogP contribution in [0, 0.1) is 6.92 Å². The lowest BCUT2D eigenvalue weighted by atomic mass is 9.86. The van der Waals surface area contributed by atoms with Crippen LogP contribution in [-0.4, -0.2) is 57.8 Å². The Hall–Kier alpha value is -5.69. The van der Waals surface area contributed by atoms with Gasteiger partial charge in [0.15, 0.2) is 5.75 Å². The Bertz CT molecular complexity index is 2230. The fraction of sp³-hybridized carbons (Fsp3) is 0.243. The molecule has 0 saturated carbocycles. The van der Waals surface area contributed by atoms with Crippen molar-refractivity contribution in [3.63, 3.8) is 0 Å². The quantitative estimate of drug-likeness (QED) is 0.129. The Kier molecular flexibility index (Phi) is 10.0. The van der Waals surface area contributed by atoms with Crippen LogP contribution in [0.4, 0.5) is 23.0 Å². The second-order valence-electron chi connectivity index (χ2n) is 12.7. The number of hydrogen-bond donors (Lipinski definition) is 3. The maximum absolute atomic E-state index is 13.7. The number of carbonyl (C=O) groups is 2. The van der Waals surface area contributed by atoms with Crippen LogP contribution >= 0.6 is 0 Å². The molecule has 260 valence electrons. The number of rotatable bonds is 10. The van der Waals surface area contributed by atoms with Gasteiger partial charge in [0, 0.05) is 28.9 Å². The predicted octanol–water partition coefficient (Wildman–Crippen LogP) is 7.07. The molecular weight excluding hydrogens is 659 g/mol. The van der Waals surface area contributed by atoms with Gasteiger partial charge in [-0.25, -0.2) is 23.2 Å². The van der Waals surface area contributed by atoms with Crippen LogP contribution in [0.25, 0.3) is 22.0 Å². The highest BCUT2D eigenvalue weighted by Crippen LogP contribution is 2.39. The van der Waals surface area contributed by atoms with Gasteiger partial charge in [-0.15, -0.1) is 0 Å². The number of nitrogens with zero attached hydrogens (tertiary/aromatic N) is 2. The average molecular weight is 698 g/mol. The molecule has 0 saturated heterocycles. The maximum atomic E-state index is 13.7. The molecule has 1 aromatic heterocycles. The number of ether oxygens (including phenoxy) is 3. The largest absolute Gasteiger partial charge is 0.496 e. The summed E-state index contributed by atoms with van der Waals surface area (Å²) in [5, 5.41) is 6.86. The van der Waals surface area contributed by atoms with Gasteiger partial charge in [0.05, 0.1) is 44.5 Å². The number of aryl methyl sites for hydroxylation is 1. The topological polar surface area (TPSA) is 158 Å². The number of nitrogens with one attached hydrogen (secondary N) is 3. The summed E-state index contributed by atoms with van der Waals surface area (Å²) >= 11 is 0. The van der Waals surface area contributed by atoms with E-state index in [1.807, 2.05) is 58.0 Å². The molecule has 5 rings (SSSR count). The van der Waals surface area contributed by atoms with Crippen molar-refractivity contribution in [3.8, 4) is 22.6 Å². The molecule has 0 unspecified atom stereocenters. The Morgan fingerprint density at radius 1 is 0.860 bits per heavy atom. The summed E-state index contributed by atoms with van der Waals surface area (Å²) in [7, 11) is 0.574. The second kappa shape index (κ2) is 14.0. The van der Waals surface area contributed by atoms with Gasteiger partial charge < -0.3 is 24.8 Å². The molecular formula is C37H39N5O7S. The van der Waals surface area contributed by atoms with Gasteiger partial charge in [0.2, 0.25) is 16.0 Å². The van der Waals surface area contributed by atoms with Crippen molar-refractivity contribution in [3.05, 3.63) is 95.2 Å². The normalized spacial score (nSPS) is 11.5. The average Bonchev–Trinajstić information content (AvgIpc) is 3.06. The third kappa shape index (κ3) is 7.95. The number of sulfonamides is 1. The van der Waals surface area contributed by atoms with E-state index in [4.69, 9.17) is 14.2 Å². The molecule has 0 fully saturated rings. The molecule has 0 aliphatic rings. The lowest BCUT2D eigenvalue weighted by Gasteiger charge is -2.24. The van der Waals surface area contributed by atoms with Crippen LogP contribution in [-0.2, 0) is 20.2 Å². The van der Waals surface area contributed by atoms with E-state index >= 15 is 0 Å². The summed E-state index contributed by atoms with van der Waals surface area (Å²) < 4.78 is 42.5. The predicted molar refractivity (Wildman–Crippen MR) is 195 cm³/mol. The number of carbonyl (C=O) groups excluding carboxylic acids is 2. The first-order chi connectivity index (χ1) is 23.6. The van der Waals surface area contributed by atoms with Crippen molar-refractivity contribution >= 4 is 55.8 Å². The highest BCUT2D eigenvalue weighted by Gasteiger charge is 2.23. The molecule has 0 radical (unpaired) electrons. The number of aromatic nitrogens is 2. The maximum Gasteiger partial charge on any atom is 0.341 e. The van der Waals surface area contributed by atoms with Gasteiger partial charge in [-0.3, -0.25) is 9.52 Å². The summed E-state index contributed by atoms with van der Waals surface area (Å²) in [5.74, 6) is 0.0113. The first kappa shape index (κ1) is 35.6. The summed E-state index contributed by atoms with van der Waals surface area (Å²) in [4.78, 5) is 34.8. The summed E-state index contributed by atoms with van der Waals surface area (Å²) in [6, 6.07) is 19.7. The van der Waals surface area contributed by atoms with E-state index < -0.39 is 21.9 Å². The zero-order chi connectivity index (χ0) is 36.4. The third-order valence-corrected chi connectivity index (χ3v) is 8.55. The van der Waals surface area contributed by atoms with Crippen molar-refractivity contribution in [2.45, 2.75) is 33.1 Å². The molecule has 12 nitrogen and oxygen atoms in total. The summed E-state index contributed by atoms with van der Waals surface area (Å²) in [6.07, 6.45) is 2.76. The van der Waals surface area contributed by atoms with Crippen molar-refractivity contribution < 1.29 is 32.2 Å². The molecule has 50 heavy (non-hydrogen) atoms. The Morgan fingerprint density at radius 2 is 1.60 bits per heavy atom. The number of fused-ring (bicyclic) bond motifs is 1. The van der Waals surface area contributed by atoms with Gasteiger partial charge in [0.25, 0.3) is 5.91 Å². The molecule has 4 aromatic carbocycles. The fourth-order valence-electron chi connectivity index (χ4n) is 5.36. The Morgan fingerprint density at radius 3 is 2.26 bits per heavy atom. The summed E-state index contributed by atoms with van der Waals surface area (Å²) in [5.41, 5.74) is 5.71. The van der Waals surface area contributed by atoms with Crippen LogP contribution in [0.5, 0.6) is 11.5 Å². The van der Waals surface area contributed by atoms with Crippen molar-refractivity contribution in [1.82, 2.24) is 9.97 Å². The number of hydrogen-bond acceptors (Lipinski definition) is 10. The molecule has 0 atom stereocenters.